The van der Waals surface area contributed by atoms with Crippen molar-refractivity contribution in [2.75, 3.05) is 0 Å². The first kappa shape index (κ1) is 12.9. The summed E-state index contributed by atoms with van der Waals surface area (Å²) in [5.74, 6) is 1.53. The molecule has 1 N–H and O–H groups in total. The number of fused-ring (bicyclic) bond motifs is 1. The van der Waals surface area contributed by atoms with Gasteiger partial charge < -0.3 is 9.84 Å². The molecule has 0 spiro atoms. The molecular weight excluding hydrogens is 243 g/mol. The normalized spacial score (nSPS) is 34.5. The van der Waals surface area contributed by atoms with Crippen LogP contribution in [0, 0.1) is 17.7 Å². The predicted molar refractivity (Wildman–Crippen MR) is 71.5 cm³/mol. The van der Waals surface area contributed by atoms with Crippen molar-refractivity contribution in [2.45, 2.75) is 51.2 Å². The Kier molecular flexibility index (Phi) is 3.48. The van der Waals surface area contributed by atoms with E-state index in [-0.39, 0.29) is 11.9 Å². The van der Waals surface area contributed by atoms with Gasteiger partial charge in [-0.1, -0.05) is 19.8 Å². The van der Waals surface area contributed by atoms with Crippen molar-refractivity contribution in [1.29, 1.82) is 0 Å². The van der Waals surface area contributed by atoms with E-state index < -0.39 is 6.10 Å². The lowest BCUT2D eigenvalue weighted by molar-refractivity contribution is 0.0191. The van der Waals surface area contributed by atoms with Crippen LogP contribution in [0.1, 0.15) is 50.7 Å². The minimum Gasteiger partial charge on any atom is -0.490 e. The second kappa shape index (κ2) is 5.12. The number of hydrogen-bond donors (Lipinski definition) is 1. The first-order chi connectivity index (χ1) is 9.13. The molecule has 1 heterocycles. The van der Waals surface area contributed by atoms with Crippen molar-refractivity contribution >= 4 is 0 Å². The van der Waals surface area contributed by atoms with E-state index in [4.69, 9.17) is 4.74 Å². The van der Waals surface area contributed by atoms with Crippen molar-refractivity contribution in [1.82, 2.24) is 0 Å². The number of halogens is 1. The molecule has 0 bridgehead atoms. The molecule has 0 amide bonds. The van der Waals surface area contributed by atoms with E-state index in [0.29, 0.717) is 18.1 Å². The summed E-state index contributed by atoms with van der Waals surface area (Å²) in [5, 5.41) is 10.2. The molecule has 1 aliphatic carbocycles. The summed E-state index contributed by atoms with van der Waals surface area (Å²) in [6.07, 6.45) is 4.93. The smallest absolute Gasteiger partial charge is 0.128 e. The summed E-state index contributed by atoms with van der Waals surface area (Å²) in [4.78, 5) is 0. The Labute approximate surface area is 113 Å². The van der Waals surface area contributed by atoms with E-state index in [1.807, 2.05) is 0 Å². The summed E-state index contributed by atoms with van der Waals surface area (Å²) in [7, 11) is 0. The van der Waals surface area contributed by atoms with Crippen LogP contribution >= 0.6 is 0 Å². The van der Waals surface area contributed by atoms with Gasteiger partial charge in [0.2, 0.25) is 0 Å². The van der Waals surface area contributed by atoms with Gasteiger partial charge in [-0.2, -0.15) is 0 Å². The molecule has 1 unspecified atom stereocenters. The van der Waals surface area contributed by atoms with Gasteiger partial charge in [0.1, 0.15) is 17.7 Å². The van der Waals surface area contributed by atoms with E-state index in [2.05, 4.69) is 6.92 Å². The van der Waals surface area contributed by atoms with Gasteiger partial charge in [-0.3, -0.25) is 0 Å². The lowest BCUT2D eigenvalue weighted by Gasteiger charge is -2.37. The second-order valence-corrected chi connectivity index (χ2v) is 6.11. The first-order valence-corrected chi connectivity index (χ1v) is 7.27. The minimum absolute atomic E-state index is 0.0387. The fourth-order valence-corrected chi connectivity index (χ4v) is 3.39. The first-order valence-electron chi connectivity index (χ1n) is 7.27. The molecule has 2 aliphatic rings. The zero-order valence-corrected chi connectivity index (χ0v) is 11.3. The van der Waals surface area contributed by atoms with Gasteiger partial charge >= 0.3 is 0 Å². The molecule has 0 radical (unpaired) electrons. The average molecular weight is 264 g/mol. The highest BCUT2D eigenvalue weighted by atomic mass is 19.1. The fraction of sp³-hybridized carbons (Fsp3) is 0.625. The summed E-state index contributed by atoms with van der Waals surface area (Å²) in [5.41, 5.74) is 0.724. The molecule has 104 valence electrons. The van der Waals surface area contributed by atoms with Gasteiger partial charge in [0.15, 0.2) is 0 Å². The maximum atomic E-state index is 13.3. The molecule has 0 aromatic heterocycles. The van der Waals surface area contributed by atoms with Gasteiger partial charge in [0, 0.05) is 18.1 Å². The quantitative estimate of drug-likeness (QED) is 0.835. The average Bonchev–Trinajstić information content (AvgIpc) is 2.38. The zero-order valence-electron chi connectivity index (χ0n) is 11.3. The van der Waals surface area contributed by atoms with Crippen molar-refractivity contribution in [2.24, 2.45) is 11.8 Å². The third-order valence-corrected chi connectivity index (χ3v) is 4.65. The summed E-state index contributed by atoms with van der Waals surface area (Å²) in [6.45, 7) is 2.29. The molecule has 2 nitrogen and oxygen atoms in total. The highest BCUT2D eigenvalue weighted by Crippen LogP contribution is 2.41. The molecule has 1 aliphatic heterocycles. The Morgan fingerprint density at radius 2 is 1.95 bits per heavy atom. The van der Waals surface area contributed by atoms with Gasteiger partial charge in [0.05, 0.1) is 6.10 Å². The van der Waals surface area contributed by atoms with Crippen LogP contribution in [0.2, 0.25) is 0 Å². The molecule has 1 fully saturated rings. The molecule has 1 aromatic rings. The van der Waals surface area contributed by atoms with Crippen LogP contribution in [0.3, 0.4) is 0 Å². The summed E-state index contributed by atoms with van der Waals surface area (Å²) >= 11 is 0. The molecule has 19 heavy (non-hydrogen) atoms. The highest BCUT2D eigenvalue weighted by Gasteiger charge is 2.34. The lowest BCUT2D eigenvalue weighted by Crippen LogP contribution is -2.34. The van der Waals surface area contributed by atoms with Crippen LogP contribution in [0.5, 0.6) is 5.75 Å². The highest BCUT2D eigenvalue weighted by molar-refractivity contribution is 5.37. The Hall–Kier alpha value is -1.09. The van der Waals surface area contributed by atoms with E-state index in [1.165, 1.54) is 25.0 Å². The predicted octanol–water partition coefficient (Wildman–Crippen LogP) is 3.84. The minimum atomic E-state index is -0.520. The Morgan fingerprint density at radius 3 is 2.68 bits per heavy atom. The van der Waals surface area contributed by atoms with Crippen LogP contribution in [0.25, 0.3) is 0 Å². The molecule has 1 saturated carbocycles. The van der Waals surface area contributed by atoms with E-state index >= 15 is 0 Å². The number of rotatable bonds is 1. The number of aliphatic hydroxyl groups excluding tert-OH is 1. The fourth-order valence-electron chi connectivity index (χ4n) is 3.39. The number of benzene rings is 1. The van der Waals surface area contributed by atoms with Gasteiger partial charge in [0.25, 0.3) is 0 Å². The van der Waals surface area contributed by atoms with Gasteiger partial charge in [-0.25, -0.2) is 4.39 Å². The Morgan fingerprint density at radius 1 is 1.21 bits per heavy atom. The second-order valence-electron chi connectivity index (χ2n) is 6.11. The number of hydrogen-bond acceptors (Lipinski definition) is 2. The SMILES string of the molecule is CC1CCC(C2C[C@H](O)c3ccc(F)cc3O2)CC1. The zero-order chi connectivity index (χ0) is 13.4. The molecule has 0 saturated heterocycles. The molecule has 2 atom stereocenters. The van der Waals surface area contributed by atoms with E-state index in [1.54, 1.807) is 6.07 Å². The molecule has 3 rings (SSSR count). The Bertz CT molecular complexity index is 452. The van der Waals surface area contributed by atoms with Crippen LogP contribution in [0.15, 0.2) is 18.2 Å². The van der Waals surface area contributed by atoms with Crippen LogP contribution < -0.4 is 4.74 Å². The van der Waals surface area contributed by atoms with Crippen LogP contribution in [-0.4, -0.2) is 11.2 Å². The third kappa shape index (κ3) is 2.62. The third-order valence-electron chi connectivity index (χ3n) is 4.65. The van der Waals surface area contributed by atoms with Gasteiger partial charge in [-0.05, 0) is 36.8 Å². The number of aliphatic hydroxyl groups is 1. The molecular formula is C16H21FO2. The summed E-state index contributed by atoms with van der Waals surface area (Å²) in [6, 6.07) is 4.42. The maximum absolute atomic E-state index is 13.3. The van der Waals surface area contributed by atoms with Crippen LogP contribution in [-0.2, 0) is 0 Å². The monoisotopic (exact) mass is 264 g/mol. The Balaban J connectivity index is 1.76. The molecule has 1 aromatic carbocycles. The summed E-state index contributed by atoms with van der Waals surface area (Å²) < 4.78 is 19.2. The molecule has 3 heteroatoms. The number of ether oxygens (including phenoxy) is 1. The van der Waals surface area contributed by atoms with Crippen molar-refractivity contribution in [3.8, 4) is 5.75 Å². The van der Waals surface area contributed by atoms with Crippen molar-refractivity contribution in [3.63, 3.8) is 0 Å². The van der Waals surface area contributed by atoms with Crippen LogP contribution in [0.4, 0.5) is 4.39 Å². The topological polar surface area (TPSA) is 29.5 Å². The van der Waals surface area contributed by atoms with Crippen molar-refractivity contribution < 1.29 is 14.2 Å². The largest absolute Gasteiger partial charge is 0.490 e. The van der Waals surface area contributed by atoms with E-state index in [9.17, 15) is 9.50 Å². The standard InChI is InChI=1S/C16H21FO2/c1-10-2-4-11(5-3-10)15-9-14(18)13-7-6-12(17)8-16(13)19-15/h6-8,10-11,14-15,18H,2-5,9H2,1H3/t10?,11?,14-,15?/m0/s1. The maximum Gasteiger partial charge on any atom is 0.128 e. The van der Waals surface area contributed by atoms with E-state index in [0.717, 1.165) is 24.3 Å². The lowest BCUT2D eigenvalue weighted by atomic mass is 9.78. The van der Waals surface area contributed by atoms with Gasteiger partial charge in [-0.15, -0.1) is 0 Å². The van der Waals surface area contributed by atoms with Crippen molar-refractivity contribution in [3.05, 3.63) is 29.6 Å².